The molecule has 2 rings (SSSR count). The van der Waals surface area contributed by atoms with Crippen LogP contribution in [-0.2, 0) is 4.74 Å². The lowest BCUT2D eigenvalue weighted by molar-refractivity contribution is -0.108. The minimum Gasteiger partial charge on any atom is -0.343 e. The van der Waals surface area contributed by atoms with Crippen molar-refractivity contribution in [2.75, 3.05) is 7.11 Å². The fourth-order valence-corrected chi connectivity index (χ4v) is 1.91. The first-order valence-corrected chi connectivity index (χ1v) is 5.49. The third kappa shape index (κ3) is 2.13. The molecule has 1 aliphatic rings. The molecular weight excluding hydrogens is 246 g/mol. The van der Waals surface area contributed by atoms with Gasteiger partial charge in [0, 0.05) is 17.7 Å². The molecule has 0 saturated carbocycles. The lowest BCUT2D eigenvalue weighted by Gasteiger charge is -2.30. The molecule has 0 amide bonds. The Morgan fingerprint density at radius 2 is 1.94 bits per heavy atom. The molecule has 0 radical (unpaired) electrons. The van der Waals surface area contributed by atoms with Crippen molar-refractivity contribution in [1.29, 1.82) is 0 Å². The molecule has 90 valence electrons. The summed E-state index contributed by atoms with van der Waals surface area (Å²) in [7, 11) is 1.15. The quantitative estimate of drug-likeness (QED) is 0.779. The van der Waals surface area contributed by atoms with Crippen molar-refractivity contribution < 1.29 is 13.5 Å². The molecule has 0 spiro atoms. The zero-order valence-electron chi connectivity index (χ0n) is 9.16. The van der Waals surface area contributed by atoms with Crippen molar-refractivity contribution in [2.45, 2.75) is 12.0 Å². The van der Waals surface area contributed by atoms with E-state index in [0.717, 1.165) is 13.2 Å². The first kappa shape index (κ1) is 12.3. The van der Waals surface area contributed by atoms with E-state index in [1.165, 1.54) is 12.2 Å². The molecule has 4 heteroatoms. The van der Waals surface area contributed by atoms with Gasteiger partial charge in [-0.2, -0.15) is 0 Å². The minimum absolute atomic E-state index is 0.159. The average molecular weight is 257 g/mol. The molecule has 0 aromatic heterocycles. The van der Waals surface area contributed by atoms with E-state index in [-0.39, 0.29) is 5.57 Å². The summed E-state index contributed by atoms with van der Waals surface area (Å²) in [5, 5.41) is 0.541. The van der Waals surface area contributed by atoms with Gasteiger partial charge in [-0.15, -0.1) is 0 Å². The third-order valence-electron chi connectivity index (χ3n) is 2.72. The fourth-order valence-electron chi connectivity index (χ4n) is 1.78. The topological polar surface area (TPSA) is 9.23 Å². The highest BCUT2D eigenvalue weighted by atomic mass is 35.5. The summed E-state index contributed by atoms with van der Waals surface area (Å²) in [5.41, 5.74) is 0.706. The van der Waals surface area contributed by atoms with E-state index in [0.29, 0.717) is 10.6 Å². The van der Waals surface area contributed by atoms with Gasteiger partial charge in [0.25, 0.3) is 5.85 Å². The summed E-state index contributed by atoms with van der Waals surface area (Å²) < 4.78 is 32.7. The maximum Gasteiger partial charge on any atom is 0.270 e. The second-order valence-corrected chi connectivity index (χ2v) is 4.16. The molecule has 0 bridgehead atoms. The van der Waals surface area contributed by atoms with Crippen LogP contribution < -0.4 is 0 Å². The van der Waals surface area contributed by atoms with E-state index < -0.39 is 12.0 Å². The van der Waals surface area contributed by atoms with Crippen LogP contribution in [0.3, 0.4) is 0 Å². The van der Waals surface area contributed by atoms with Crippen molar-refractivity contribution in [3.63, 3.8) is 0 Å². The monoisotopic (exact) mass is 256 g/mol. The molecule has 0 heterocycles. The predicted octanol–water partition coefficient (Wildman–Crippen LogP) is 3.94. The molecule has 0 aliphatic heterocycles. The first-order valence-electron chi connectivity index (χ1n) is 5.11. The summed E-state index contributed by atoms with van der Waals surface area (Å²) in [6, 6.07) is 6.51. The fraction of sp³-hybridized carbons (Fsp3) is 0.231. The number of hydrogen-bond donors (Lipinski definition) is 0. The molecule has 1 aliphatic carbocycles. The molecular formula is C13H11ClF2O. The standard InChI is InChI=1S/C13H11ClF2O/c1-17-13(16)11(3-2-4-12(13)15)9-5-7-10(14)8-6-9/h2-8,12H,1H3. The summed E-state index contributed by atoms with van der Waals surface area (Å²) in [4.78, 5) is 0. The van der Waals surface area contributed by atoms with Crippen molar-refractivity contribution in [1.82, 2.24) is 0 Å². The van der Waals surface area contributed by atoms with Gasteiger partial charge in [-0.3, -0.25) is 0 Å². The Morgan fingerprint density at radius 3 is 2.53 bits per heavy atom. The molecule has 1 nitrogen and oxygen atoms in total. The highest BCUT2D eigenvalue weighted by Gasteiger charge is 2.44. The van der Waals surface area contributed by atoms with Gasteiger partial charge in [-0.1, -0.05) is 35.9 Å². The second kappa shape index (κ2) is 4.59. The molecule has 0 fully saturated rings. The number of benzene rings is 1. The largest absolute Gasteiger partial charge is 0.343 e. The Kier molecular flexibility index (Phi) is 3.31. The molecule has 1 aromatic carbocycles. The Bertz CT molecular complexity index is 467. The van der Waals surface area contributed by atoms with Gasteiger partial charge in [-0.25, -0.2) is 8.78 Å². The lowest BCUT2D eigenvalue weighted by Crippen LogP contribution is -2.38. The van der Waals surface area contributed by atoms with Crippen LogP contribution in [0.25, 0.3) is 5.57 Å². The van der Waals surface area contributed by atoms with Crippen LogP contribution in [0.2, 0.25) is 5.02 Å². The Labute approximate surface area is 103 Å². The number of allylic oxidation sites excluding steroid dienone is 2. The number of alkyl halides is 2. The Balaban J connectivity index is 2.46. The number of ether oxygens (including phenoxy) is 1. The SMILES string of the molecule is COC1(F)C(c2ccc(Cl)cc2)=CC=CC1F. The molecule has 0 saturated heterocycles. The van der Waals surface area contributed by atoms with Crippen molar-refractivity contribution in [2.24, 2.45) is 0 Å². The van der Waals surface area contributed by atoms with Gasteiger partial charge in [-0.05, 0) is 23.8 Å². The maximum absolute atomic E-state index is 14.4. The average Bonchev–Trinajstić information content (AvgIpc) is 2.34. The van der Waals surface area contributed by atoms with Gasteiger partial charge in [0.15, 0.2) is 6.17 Å². The zero-order chi connectivity index (χ0) is 12.5. The first-order chi connectivity index (χ1) is 8.08. The van der Waals surface area contributed by atoms with Crippen LogP contribution in [0.15, 0.2) is 42.5 Å². The highest BCUT2D eigenvalue weighted by molar-refractivity contribution is 6.30. The third-order valence-corrected chi connectivity index (χ3v) is 2.97. The number of hydrogen-bond acceptors (Lipinski definition) is 1. The second-order valence-electron chi connectivity index (χ2n) is 3.72. The molecule has 1 aromatic rings. The van der Waals surface area contributed by atoms with E-state index in [9.17, 15) is 8.78 Å². The van der Waals surface area contributed by atoms with Crippen molar-refractivity contribution in [3.05, 3.63) is 53.1 Å². The van der Waals surface area contributed by atoms with Crippen LogP contribution in [0.1, 0.15) is 5.56 Å². The maximum atomic E-state index is 14.4. The van der Waals surface area contributed by atoms with E-state index in [4.69, 9.17) is 16.3 Å². The lowest BCUT2D eigenvalue weighted by atomic mass is 9.91. The van der Waals surface area contributed by atoms with E-state index in [2.05, 4.69) is 0 Å². The molecule has 2 unspecified atom stereocenters. The van der Waals surface area contributed by atoms with E-state index in [1.807, 2.05) is 0 Å². The van der Waals surface area contributed by atoms with Crippen LogP contribution in [0, 0.1) is 0 Å². The Hall–Kier alpha value is -1.19. The van der Waals surface area contributed by atoms with Gasteiger partial charge < -0.3 is 4.74 Å². The predicted molar refractivity (Wildman–Crippen MR) is 64.3 cm³/mol. The van der Waals surface area contributed by atoms with Gasteiger partial charge in [0.05, 0.1) is 0 Å². The molecule has 0 N–H and O–H groups in total. The van der Waals surface area contributed by atoms with Gasteiger partial charge >= 0.3 is 0 Å². The summed E-state index contributed by atoms with van der Waals surface area (Å²) in [6.45, 7) is 0. The summed E-state index contributed by atoms with van der Waals surface area (Å²) >= 11 is 5.75. The molecule has 17 heavy (non-hydrogen) atoms. The van der Waals surface area contributed by atoms with Gasteiger partial charge in [0.2, 0.25) is 0 Å². The van der Waals surface area contributed by atoms with E-state index >= 15 is 0 Å². The van der Waals surface area contributed by atoms with Crippen LogP contribution in [0.4, 0.5) is 8.78 Å². The van der Waals surface area contributed by atoms with Crippen LogP contribution in [-0.4, -0.2) is 19.1 Å². The van der Waals surface area contributed by atoms with Crippen molar-refractivity contribution >= 4 is 17.2 Å². The molecule has 2 atom stereocenters. The summed E-state index contributed by atoms with van der Waals surface area (Å²) in [5.74, 6) is -2.44. The smallest absolute Gasteiger partial charge is 0.270 e. The van der Waals surface area contributed by atoms with E-state index in [1.54, 1.807) is 24.3 Å². The Morgan fingerprint density at radius 1 is 1.29 bits per heavy atom. The number of methoxy groups -OCH3 is 1. The highest BCUT2D eigenvalue weighted by Crippen LogP contribution is 2.39. The number of rotatable bonds is 2. The number of halogens is 3. The zero-order valence-corrected chi connectivity index (χ0v) is 9.92. The summed E-state index contributed by atoms with van der Waals surface area (Å²) in [6.07, 6.45) is 2.29. The normalized spacial score (nSPS) is 28.0. The minimum atomic E-state index is -2.44. The van der Waals surface area contributed by atoms with Crippen molar-refractivity contribution in [3.8, 4) is 0 Å². The van der Waals surface area contributed by atoms with Gasteiger partial charge in [0.1, 0.15) is 0 Å². The van der Waals surface area contributed by atoms with Crippen LogP contribution >= 0.6 is 11.6 Å². The van der Waals surface area contributed by atoms with Crippen LogP contribution in [0.5, 0.6) is 0 Å².